The standard InChI is InChI=1S/C19H15ClN2O4/c20-16-11-15(9-10-17(16)23)19(26)22-21-12-14-7-5-13(6-8-14)3-1-2-4-18(24)25/h5-12,23H,2,4H2,(H,22,26)(H,24,25)/b21-12+. The molecule has 0 aliphatic rings. The highest BCUT2D eigenvalue weighted by atomic mass is 35.5. The number of carbonyl (C=O) groups excluding carboxylic acids is 1. The molecule has 0 heterocycles. The number of carboxylic acids is 1. The predicted octanol–water partition coefficient (Wildman–Crippen LogP) is 3.03. The zero-order valence-electron chi connectivity index (χ0n) is 13.6. The summed E-state index contributed by atoms with van der Waals surface area (Å²) < 4.78 is 0. The molecule has 0 unspecified atom stereocenters. The summed E-state index contributed by atoms with van der Waals surface area (Å²) in [6, 6.07) is 11.2. The second kappa shape index (κ2) is 9.25. The Kier molecular flexibility index (Phi) is 6.77. The molecule has 7 heteroatoms. The van der Waals surface area contributed by atoms with Crippen LogP contribution in [0.4, 0.5) is 0 Å². The van der Waals surface area contributed by atoms with Gasteiger partial charge in [0.25, 0.3) is 5.91 Å². The lowest BCUT2D eigenvalue weighted by atomic mass is 10.1. The van der Waals surface area contributed by atoms with E-state index in [1.807, 2.05) is 0 Å². The van der Waals surface area contributed by atoms with E-state index in [-0.39, 0.29) is 22.8 Å². The highest BCUT2D eigenvalue weighted by molar-refractivity contribution is 6.32. The van der Waals surface area contributed by atoms with Gasteiger partial charge in [-0.15, -0.1) is 0 Å². The van der Waals surface area contributed by atoms with Gasteiger partial charge >= 0.3 is 5.97 Å². The third-order valence-corrected chi connectivity index (χ3v) is 3.50. The van der Waals surface area contributed by atoms with Gasteiger partial charge in [0, 0.05) is 17.5 Å². The number of halogens is 1. The maximum Gasteiger partial charge on any atom is 0.304 e. The van der Waals surface area contributed by atoms with Crippen molar-refractivity contribution in [1.29, 1.82) is 0 Å². The molecule has 0 aromatic heterocycles. The summed E-state index contributed by atoms with van der Waals surface area (Å²) in [5.41, 5.74) is 4.16. The van der Waals surface area contributed by atoms with Crippen LogP contribution in [0, 0.1) is 11.8 Å². The fourth-order valence-electron chi connectivity index (χ4n) is 1.86. The minimum Gasteiger partial charge on any atom is -0.506 e. The van der Waals surface area contributed by atoms with Crippen LogP contribution >= 0.6 is 11.6 Å². The van der Waals surface area contributed by atoms with Gasteiger partial charge in [0.2, 0.25) is 0 Å². The minimum absolute atomic E-state index is 0.0175. The lowest BCUT2D eigenvalue weighted by molar-refractivity contribution is -0.136. The number of rotatable bonds is 5. The van der Waals surface area contributed by atoms with Crippen LogP contribution in [0.25, 0.3) is 0 Å². The Morgan fingerprint density at radius 2 is 1.92 bits per heavy atom. The monoisotopic (exact) mass is 370 g/mol. The molecule has 26 heavy (non-hydrogen) atoms. The first-order valence-electron chi connectivity index (χ1n) is 7.58. The Morgan fingerprint density at radius 1 is 1.19 bits per heavy atom. The fraction of sp³-hybridized carbons (Fsp3) is 0.105. The average molecular weight is 371 g/mol. The summed E-state index contributed by atoms with van der Waals surface area (Å²) in [6.07, 6.45) is 1.79. The summed E-state index contributed by atoms with van der Waals surface area (Å²) in [7, 11) is 0. The number of amides is 1. The number of hydrazone groups is 1. The van der Waals surface area contributed by atoms with Gasteiger partial charge in [-0.3, -0.25) is 9.59 Å². The van der Waals surface area contributed by atoms with Crippen LogP contribution in [0.1, 0.15) is 34.3 Å². The van der Waals surface area contributed by atoms with Gasteiger partial charge in [0.05, 0.1) is 17.7 Å². The molecule has 2 rings (SSSR count). The molecule has 0 atom stereocenters. The zero-order valence-corrected chi connectivity index (χ0v) is 14.3. The van der Waals surface area contributed by atoms with Gasteiger partial charge in [0.1, 0.15) is 5.75 Å². The van der Waals surface area contributed by atoms with Crippen LogP contribution in [0.2, 0.25) is 5.02 Å². The molecular formula is C19H15ClN2O4. The van der Waals surface area contributed by atoms with Crippen LogP contribution in [-0.4, -0.2) is 28.3 Å². The maximum atomic E-state index is 11.9. The molecule has 1 amide bonds. The number of hydrogen-bond donors (Lipinski definition) is 3. The normalized spacial score (nSPS) is 10.2. The minimum atomic E-state index is -0.873. The van der Waals surface area contributed by atoms with E-state index < -0.39 is 11.9 Å². The number of aliphatic carboxylic acids is 1. The van der Waals surface area contributed by atoms with Crippen LogP contribution in [-0.2, 0) is 4.79 Å². The molecule has 2 aromatic carbocycles. The van der Waals surface area contributed by atoms with E-state index in [1.165, 1.54) is 24.4 Å². The maximum absolute atomic E-state index is 11.9. The van der Waals surface area contributed by atoms with Crippen molar-refractivity contribution in [3.8, 4) is 17.6 Å². The van der Waals surface area contributed by atoms with Crippen molar-refractivity contribution in [2.75, 3.05) is 0 Å². The van der Waals surface area contributed by atoms with E-state index in [2.05, 4.69) is 22.4 Å². The number of phenolic OH excluding ortho intramolecular Hbond substituents is 1. The molecule has 0 fully saturated rings. The molecule has 0 bridgehead atoms. The van der Waals surface area contributed by atoms with E-state index in [1.54, 1.807) is 24.3 Å². The molecule has 0 radical (unpaired) electrons. The van der Waals surface area contributed by atoms with Crippen LogP contribution < -0.4 is 5.43 Å². The van der Waals surface area contributed by atoms with E-state index in [4.69, 9.17) is 16.7 Å². The number of carbonyl (C=O) groups is 2. The molecular weight excluding hydrogens is 356 g/mol. The number of aromatic hydroxyl groups is 1. The first-order chi connectivity index (χ1) is 12.5. The van der Waals surface area contributed by atoms with E-state index in [0.29, 0.717) is 6.42 Å². The van der Waals surface area contributed by atoms with Crippen LogP contribution in [0.3, 0.4) is 0 Å². The van der Waals surface area contributed by atoms with E-state index in [0.717, 1.165) is 11.1 Å². The fourth-order valence-corrected chi connectivity index (χ4v) is 2.05. The number of nitrogens with one attached hydrogen (secondary N) is 1. The van der Waals surface area contributed by atoms with Crippen molar-refractivity contribution in [3.05, 3.63) is 64.2 Å². The van der Waals surface area contributed by atoms with Gasteiger partial charge in [-0.05, 0) is 35.9 Å². The number of hydrogen-bond acceptors (Lipinski definition) is 4. The second-order valence-corrected chi connectivity index (χ2v) is 5.59. The molecule has 0 aliphatic carbocycles. The Labute approximate surface area is 155 Å². The lowest BCUT2D eigenvalue weighted by Crippen LogP contribution is -2.17. The van der Waals surface area contributed by atoms with Crippen molar-refractivity contribution in [2.45, 2.75) is 12.8 Å². The van der Waals surface area contributed by atoms with E-state index >= 15 is 0 Å². The molecule has 132 valence electrons. The van der Waals surface area contributed by atoms with Crippen molar-refractivity contribution >= 4 is 29.7 Å². The van der Waals surface area contributed by atoms with Crippen LogP contribution in [0.15, 0.2) is 47.6 Å². The predicted molar refractivity (Wildman–Crippen MR) is 98.4 cm³/mol. The largest absolute Gasteiger partial charge is 0.506 e. The highest BCUT2D eigenvalue weighted by Crippen LogP contribution is 2.23. The Balaban J connectivity index is 1.90. The Hall–Kier alpha value is -3.30. The quantitative estimate of drug-likeness (QED) is 0.428. The summed E-state index contributed by atoms with van der Waals surface area (Å²) in [5, 5.41) is 21.8. The van der Waals surface area contributed by atoms with Crippen molar-refractivity contribution in [2.24, 2.45) is 5.10 Å². The van der Waals surface area contributed by atoms with Crippen LogP contribution in [0.5, 0.6) is 5.75 Å². The topological polar surface area (TPSA) is 99.0 Å². The summed E-state index contributed by atoms with van der Waals surface area (Å²) >= 11 is 5.75. The van der Waals surface area contributed by atoms with Crippen molar-refractivity contribution in [1.82, 2.24) is 5.43 Å². The number of carboxylic acid groups (broad SMARTS) is 1. The zero-order chi connectivity index (χ0) is 18.9. The van der Waals surface area contributed by atoms with Crippen molar-refractivity contribution < 1.29 is 19.8 Å². The van der Waals surface area contributed by atoms with Gasteiger partial charge in [-0.1, -0.05) is 35.6 Å². The smallest absolute Gasteiger partial charge is 0.304 e. The second-order valence-electron chi connectivity index (χ2n) is 5.18. The molecule has 0 saturated heterocycles. The summed E-state index contributed by atoms with van der Waals surface area (Å²) in [4.78, 5) is 22.3. The molecule has 0 aliphatic heterocycles. The Morgan fingerprint density at radius 3 is 2.58 bits per heavy atom. The number of phenols is 1. The molecule has 6 nitrogen and oxygen atoms in total. The van der Waals surface area contributed by atoms with Gasteiger partial charge in [0.15, 0.2) is 0 Å². The molecule has 2 aromatic rings. The number of nitrogens with zero attached hydrogens (tertiary/aromatic N) is 1. The third kappa shape index (κ3) is 5.96. The summed E-state index contributed by atoms with van der Waals surface area (Å²) in [5.74, 6) is 4.23. The van der Waals surface area contributed by atoms with E-state index in [9.17, 15) is 14.7 Å². The SMILES string of the molecule is O=C(O)CCC#Cc1ccc(/C=N/NC(=O)c2ccc(O)c(Cl)c2)cc1. The highest BCUT2D eigenvalue weighted by Gasteiger charge is 2.07. The Bertz CT molecular complexity index is 896. The lowest BCUT2D eigenvalue weighted by Gasteiger charge is -2.02. The van der Waals surface area contributed by atoms with Gasteiger partial charge < -0.3 is 10.2 Å². The first kappa shape index (κ1) is 19.0. The average Bonchev–Trinajstić information content (AvgIpc) is 2.62. The van der Waals surface area contributed by atoms with Crippen molar-refractivity contribution in [3.63, 3.8) is 0 Å². The molecule has 0 spiro atoms. The molecule has 3 N–H and O–H groups in total. The number of benzene rings is 2. The van der Waals surface area contributed by atoms with Gasteiger partial charge in [-0.2, -0.15) is 5.10 Å². The van der Waals surface area contributed by atoms with Gasteiger partial charge in [-0.25, -0.2) is 5.43 Å². The summed E-state index contributed by atoms with van der Waals surface area (Å²) in [6.45, 7) is 0. The first-order valence-corrected chi connectivity index (χ1v) is 7.96. The third-order valence-electron chi connectivity index (χ3n) is 3.20. The molecule has 0 saturated carbocycles.